The van der Waals surface area contributed by atoms with Gasteiger partial charge in [0.2, 0.25) is 0 Å². The first-order valence-corrected chi connectivity index (χ1v) is 9.96. The number of rotatable bonds is 13. The smallest absolute Gasteiger partial charge is 0.330 e. The molecule has 6 heteroatoms. The average molecular weight is 405 g/mol. The minimum absolute atomic E-state index is 0.0320. The van der Waals surface area contributed by atoms with Gasteiger partial charge in [0.05, 0.1) is 31.5 Å². The summed E-state index contributed by atoms with van der Waals surface area (Å²) in [7, 11) is 1.59. The van der Waals surface area contributed by atoms with Crippen molar-refractivity contribution < 1.29 is 28.5 Å². The minimum atomic E-state index is -0.440. The molecule has 0 unspecified atom stereocenters. The number of benzene rings is 1. The van der Waals surface area contributed by atoms with Gasteiger partial charge < -0.3 is 23.7 Å². The molecule has 29 heavy (non-hydrogen) atoms. The molecule has 0 bridgehead atoms. The van der Waals surface area contributed by atoms with Crippen molar-refractivity contribution in [3.63, 3.8) is 0 Å². The van der Waals surface area contributed by atoms with Crippen LogP contribution in [-0.2, 0) is 35.1 Å². The van der Waals surface area contributed by atoms with Crippen LogP contribution in [0.3, 0.4) is 0 Å². The van der Waals surface area contributed by atoms with Crippen molar-refractivity contribution in [2.45, 2.75) is 56.7 Å². The molecule has 0 radical (unpaired) electrons. The van der Waals surface area contributed by atoms with Crippen LogP contribution in [0.4, 0.5) is 0 Å². The molecule has 0 saturated carbocycles. The summed E-state index contributed by atoms with van der Waals surface area (Å²) in [6, 6.07) is 10.1. The van der Waals surface area contributed by atoms with E-state index in [2.05, 4.69) is 13.2 Å². The molecule has 1 saturated heterocycles. The Morgan fingerprint density at radius 1 is 1.24 bits per heavy atom. The van der Waals surface area contributed by atoms with Crippen LogP contribution in [-0.4, -0.2) is 50.9 Å². The second-order valence-corrected chi connectivity index (χ2v) is 7.07. The third kappa shape index (κ3) is 8.92. The van der Waals surface area contributed by atoms with Crippen LogP contribution < -0.4 is 0 Å². The van der Waals surface area contributed by atoms with E-state index in [9.17, 15) is 4.79 Å². The van der Waals surface area contributed by atoms with Crippen molar-refractivity contribution in [1.82, 2.24) is 0 Å². The van der Waals surface area contributed by atoms with Gasteiger partial charge in [0.1, 0.15) is 12.9 Å². The lowest BCUT2D eigenvalue weighted by atomic mass is 9.96. The molecule has 1 aliphatic rings. The van der Waals surface area contributed by atoms with Crippen molar-refractivity contribution in [2.75, 3.05) is 20.5 Å². The number of esters is 1. The van der Waals surface area contributed by atoms with Crippen LogP contribution in [0.1, 0.15) is 31.2 Å². The summed E-state index contributed by atoms with van der Waals surface area (Å²) < 4.78 is 28.3. The third-order valence-corrected chi connectivity index (χ3v) is 4.67. The standard InChI is InChI=1S/C23H32O6/c1-4-9-19(29-23(24)5-2)12-21-13-20(14-22(28-21)16-26-17-25-3)27-15-18-10-7-6-8-11-18/h4-8,10-11,19-22H,1-2,9,12-17H2,3H3/t19-,20-,21-,22-/m1/s1. The van der Waals surface area contributed by atoms with Crippen LogP contribution in [0.2, 0.25) is 0 Å². The number of carbonyl (C=O) groups excluding carboxylic acids is 1. The fraction of sp³-hybridized carbons (Fsp3) is 0.522. The largest absolute Gasteiger partial charge is 0.459 e. The summed E-state index contributed by atoms with van der Waals surface area (Å²) in [5.41, 5.74) is 1.13. The Bertz CT molecular complexity index is 617. The van der Waals surface area contributed by atoms with Crippen molar-refractivity contribution in [3.8, 4) is 0 Å². The van der Waals surface area contributed by atoms with E-state index in [-0.39, 0.29) is 31.2 Å². The van der Waals surface area contributed by atoms with Crippen LogP contribution in [0, 0.1) is 0 Å². The third-order valence-electron chi connectivity index (χ3n) is 4.67. The topological polar surface area (TPSA) is 63.2 Å². The normalized spacial score (nSPS) is 22.6. The minimum Gasteiger partial charge on any atom is -0.459 e. The van der Waals surface area contributed by atoms with Gasteiger partial charge in [-0.05, 0) is 5.56 Å². The molecular formula is C23H32O6. The van der Waals surface area contributed by atoms with E-state index in [0.717, 1.165) is 18.4 Å². The average Bonchev–Trinajstić information content (AvgIpc) is 2.73. The predicted octanol–water partition coefficient (Wildman–Crippen LogP) is 3.80. The molecule has 4 atom stereocenters. The number of hydrogen-bond acceptors (Lipinski definition) is 6. The maximum Gasteiger partial charge on any atom is 0.330 e. The fourth-order valence-corrected chi connectivity index (χ4v) is 3.40. The molecule has 160 valence electrons. The first-order valence-electron chi connectivity index (χ1n) is 9.96. The molecule has 2 rings (SSSR count). The van der Waals surface area contributed by atoms with Crippen LogP contribution in [0.5, 0.6) is 0 Å². The van der Waals surface area contributed by atoms with E-state index in [1.165, 1.54) is 6.08 Å². The summed E-state index contributed by atoms with van der Waals surface area (Å²) in [6.07, 6.45) is 5.02. The lowest BCUT2D eigenvalue weighted by molar-refractivity contribution is -0.164. The summed E-state index contributed by atoms with van der Waals surface area (Å²) in [5, 5.41) is 0. The highest BCUT2D eigenvalue weighted by Crippen LogP contribution is 2.27. The zero-order chi connectivity index (χ0) is 20.9. The summed E-state index contributed by atoms with van der Waals surface area (Å²) in [6.45, 7) is 8.40. The van der Waals surface area contributed by atoms with E-state index in [1.807, 2.05) is 30.3 Å². The molecule has 0 aromatic heterocycles. The molecular weight excluding hydrogens is 372 g/mol. The Labute approximate surface area is 173 Å². The van der Waals surface area contributed by atoms with Gasteiger partial charge in [-0.3, -0.25) is 0 Å². The number of methoxy groups -OCH3 is 1. The fourth-order valence-electron chi connectivity index (χ4n) is 3.40. The van der Waals surface area contributed by atoms with Crippen molar-refractivity contribution >= 4 is 5.97 Å². The summed E-state index contributed by atoms with van der Waals surface area (Å²) in [4.78, 5) is 11.6. The molecule has 0 amide bonds. The quantitative estimate of drug-likeness (QED) is 0.164. The SMILES string of the molecule is C=CC[C@H](C[C@@H]1C[C@@H](OCc2ccccc2)C[C@H](COCOC)O1)OC(=O)C=C. The van der Waals surface area contributed by atoms with Crippen LogP contribution in [0.15, 0.2) is 55.6 Å². The van der Waals surface area contributed by atoms with Gasteiger partial charge in [-0.15, -0.1) is 6.58 Å². The Kier molecular flexibility index (Phi) is 10.7. The Balaban J connectivity index is 1.96. The van der Waals surface area contributed by atoms with Gasteiger partial charge in [0, 0.05) is 38.9 Å². The summed E-state index contributed by atoms with van der Waals surface area (Å²) in [5.74, 6) is -0.440. The van der Waals surface area contributed by atoms with E-state index in [4.69, 9.17) is 23.7 Å². The molecule has 1 fully saturated rings. The van der Waals surface area contributed by atoms with Gasteiger partial charge in [-0.2, -0.15) is 0 Å². The number of carbonyl (C=O) groups is 1. The molecule has 0 N–H and O–H groups in total. The molecule has 1 aliphatic heterocycles. The second kappa shape index (κ2) is 13.3. The predicted molar refractivity (Wildman–Crippen MR) is 110 cm³/mol. The zero-order valence-electron chi connectivity index (χ0n) is 17.2. The zero-order valence-corrected chi connectivity index (χ0v) is 17.2. The number of hydrogen-bond donors (Lipinski definition) is 0. The lowest BCUT2D eigenvalue weighted by Crippen LogP contribution is -2.41. The first-order chi connectivity index (χ1) is 14.1. The highest BCUT2D eigenvalue weighted by Gasteiger charge is 2.32. The monoisotopic (exact) mass is 404 g/mol. The van der Waals surface area contributed by atoms with E-state index >= 15 is 0 Å². The number of ether oxygens (including phenoxy) is 5. The van der Waals surface area contributed by atoms with Gasteiger partial charge in [0.15, 0.2) is 0 Å². The molecule has 1 heterocycles. The van der Waals surface area contributed by atoms with Gasteiger partial charge in [0.25, 0.3) is 0 Å². The maximum absolute atomic E-state index is 11.6. The van der Waals surface area contributed by atoms with Gasteiger partial charge in [-0.25, -0.2) is 4.79 Å². The molecule has 0 spiro atoms. The van der Waals surface area contributed by atoms with E-state index in [0.29, 0.717) is 26.1 Å². The molecule has 1 aromatic carbocycles. The van der Waals surface area contributed by atoms with Crippen LogP contribution in [0.25, 0.3) is 0 Å². The molecule has 1 aromatic rings. The Morgan fingerprint density at radius 2 is 2.00 bits per heavy atom. The lowest BCUT2D eigenvalue weighted by Gasteiger charge is -2.36. The Hall–Kier alpha value is -1.99. The van der Waals surface area contributed by atoms with Crippen molar-refractivity contribution in [1.29, 1.82) is 0 Å². The van der Waals surface area contributed by atoms with E-state index < -0.39 is 5.97 Å². The highest BCUT2D eigenvalue weighted by molar-refractivity contribution is 5.81. The van der Waals surface area contributed by atoms with Crippen molar-refractivity contribution in [2.24, 2.45) is 0 Å². The van der Waals surface area contributed by atoms with E-state index in [1.54, 1.807) is 13.2 Å². The maximum atomic E-state index is 11.6. The molecule has 0 aliphatic carbocycles. The van der Waals surface area contributed by atoms with Gasteiger partial charge >= 0.3 is 5.97 Å². The van der Waals surface area contributed by atoms with Crippen molar-refractivity contribution in [3.05, 3.63) is 61.2 Å². The highest BCUT2D eigenvalue weighted by atomic mass is 16.7. The van der Waals surface area contributed by atoms with Gasteiger partial charge in [-0.1, -0.05) is 43.0 Å². The first kappa shape index (κ1) is 23.3. The molecule has 6 nitrogen and oxygen atoms in total. The Morgan fingerprint density at radius 3 is 2.69 bits per heavy atom. The second-order valence-electron chi connectivity index (χ2n) is 7.07. The summed E-state index contributed by atoms with van der Waals surface area (Å²) >= 11 is 0. The van der Waals surface area contributed by atoms with Crippen LogP contribution >= 0.6 is 0 Å².